The minimum Gasteiger partial charge on any atom is -0.491 e. The molecule has 23 heavy (non-hydrogen) atoms. The van der Waals surface area contributed by atoms with Crippen LogP contribution < -0.4 is 9.64 Å². The highest BCUT2D eigenvalue weighted by Crippen LogP contribution is 2.42. The molecule has 2 atom stereocenters. The second-order valence-electron chi connectivity index (χ2n) is 6.19. The molecule has 2 unspecified atom stereocenters. The van der Waals surface area contributed by atoms with Gasteiger partial charge in [0.15, 0.2) is 5.13 Å². The highest BCUT2D eigenvalue weighted by molar-refractivity contribution is 7.22. The molecular formula is C18H26N2O2S. The molecule has 1 aromatic carbocycles. The van der Waals surface area contributed by atoms with Gasteiger partial charge >= 0.3 is 0 Å². The third-order valence-corrected chi connectivity index (χ3v) is 5.48. The number of rotatable bonds is 3. The maximum absolute atomic E-state index is 5.88. The molecule has 0 spiro atoms. The van der Waals surface area contributed by atoms with Crippen molar-refractivity contribution in [3.8, 4) is 5.75 Å². The number of thiazole rings is 1. The van der Waals surface area contributed by atoms with E-state index in [4.69, 9.17) is 14.5 Å². The number of ether oxygens (including phenoxy) is 2. The second kappa shape index (κ2) is 6.65. The van der Waals surface area contributed by atoms with E-state index in [1.54, 1.807) is 11.3 Å². The van der Waals surface area contributed by atoms with Crippen molar-refractivity contribution >= 4 is 26.7 Å². The zero-order chi connectivity index (χ0) is 16.6. The first-order chi connectivity index (χ1) is 11.1. The fourth-order valence-electron chi connectivity index (χ4n) is 3.24. The molecule has 3 heterocycles. The van der Waals surface area contributed by atoms with Crippen LogP contribution in [0.15, 0.2) is 12.1 Å². The molecule has 2 fully saturated rings. The summed E-state index contributed by atoms with van der Waals surface area (Å²) in [6, 6.07) is 5.17. The molecule has 1 aromatic heterocycles. The maximum Gasteiger partial charge on any atom is 0.187 e. The number of aromatic nitrogens is 1. The molecule has 4 rings (SSSR count). The number of hydrogen-bond donors (Lipinski definition) is 0. The van der Waals surface area contributed by atoms with Gasteiger partial charge in [-0.2, -0.15) is 0 Å². The maximum atomic E-state index is 5.88. The molecule has 2 aliphatic rings. The molecule has 0 radical (unpaired) electrons. The standard InChI is InChI=1S/C16H20N2O2S.C2H6/c1-9(2)20-14-5-4-13-15(10(14)3)21-16(17-13)18-11-6-12(18)8-19-7-11;1-2/h4-5,9,11-12H,6-8H2,1-3H3;1-2H3. The largest absolute Gasteiger partial charge is 0.491 e. The number of aryl methyl sites for hydroxylation is 1. The summed E-state index contributed by atoms with van der Waals surface area (Å²) in [7, 11) is 0. The Kier molecular flexibility index (Phi) is 4.78. The van der Waals surface area contributed by atoms with Gasteiger partial charge in [0.05, 0.1) is 41.6 Å². The van der Waals surface area contributed by atoms with Gasteiger partial charge in [-0.3, -0.25) is 0 Å². The molecule has 2 aliphatic heterocycles. The minimum absolute atomic E-state index is 0.195. The molecule has 2 aromatic rings. The van der Waals surface area contributed by atoms with Crippen LogP contribution in [0.2, 0.25) is 0 Å². The van der Waals surface area contributed by atoms with Crippen molar-refractivity contribution < 1.29 is 9.47 Å². The molecule has 0 saturated carbocycles. The summed E-state index contributed by atoms with van der Waals surface area (Å²) in [5.41, 5.74) is 2.28. The van der Waals surface area contributed by atoms with Crippen LogP contribution in [0.5, 0.6) is 5.75 Å². The first-order valence-electron chi connectivity index (χ1n) is 8.56. The van der Waals surface area contributed by atoms with Crippen LogP contribution in [0.3, 0.4) is 0 Å². The number of hydrogen-bond acceptors (Lipinski definition) is 5. The van der Waals surface area contributed by atoms with Crippen LogP contribution in [0.1, 0.15) is 39.7 Å². The predicted octanol–water partition coefficient (Wildman–Crippen LogP) is 4.40. The van der Waals surface area contributed by atoms with E-state index in [0.717, 1.165) is 29.6 Å². The average molecular weight is 334 g/mol. The molecule has 4 nitrogen and oxygen atoms in total. The van der Waals surface area contributed by atoms with E-state index in [-0.39, 0.29) is 6.10 Å². The summed E-state index contributed by atoms with van der Waals surface area (Å²) in [6.45, 7) is 11.9. The molecule has 0 aliphatic carbocycles. The molecule has 0 amide bonds. The summed E-state index contributed by atoms with van der Waals surface area (Å²) in [6.07, 6.45) is 1.44. The van der Waals surface area contributed by atoms with Crippen molar-refractivity contribution in [3.05, 3.63) is 17.7 Å². The Morgan fingerprint density at radius 1 is 1.26 bits per heavy atom. The SMILES string of the molecule is CC.Cc1c(OC(C)C)ccc2nc(N3C4COCC3C4)sc12. The number of nitrogens with zero attached hydrogens (tertiary/aromatic N) is 2. The van der Waals surface area contributed by atoms with Crippen LogP contribution >= 0.6 is 11.3 Å². The lowest BCUT2D eigenvalue weighted by Gasteiger charge is -2.52. The third-order valence-electron chi connectivity index (χ3n) is 4.28. The summed E-state index contributed by atoms with van der Waals surface area (Å²) < 4.78 is 12.7. The molecular weight excluding hydrogens is 308 g/mol. The monoisotopic (exact) mass is 334 g/mol. The lowest BCUT2D eigenvalue weighted by atomic mass is 9.92. The Bertz CT molecular complexity index is 669. The van der Waals surface area contributed by atoms with E-state index in [0.29, 0.717) is 12.1 Å². The Balaban J connectivity index is 0.000000753. The Hall–Kier alpha value is -1.33. The lowest BCUT2D eigenvalue weighted by molar-refractivity contribution is 0.0103. The summed E-state index contributed by atoms with van der Waals surface area (Å²) in [5.74, 6) is 0.972. The predicted molar refractivity (Wildman–Crippen MR) is 97.0 cm³/mol. The number of fused-ring (bicyclic) bond motifs is 3. The zero-order valence-electron chi connectivity index (χ0n) is 14.6. The average Bonchev–Trinajstić information content (AvgIpc) is 2.96. The van der Waals surface area contributed by atoms with Crippen molar-refractivity contribution in [1.29, 1.82) is 0 Å². The minimum atomic E-state index is 0.195. The fraction of sp³-hybridized carbons (Fsp3) is 0.611. The van der Waals surface area contributed by atoms with Crippen LogP contribution in [0.25, 0.3) is 10.2 Å². The van der Waals surface area contributed by atoms with Gasteiger partial charge in [0.25, 0.3) is 0 Å². The topological polar surface area (TPSA) is 34.6 Å². The Morgan fingerprint density at radius 2 is 1.96 bits per heavy atom. The number of benzene rings is 1. The van der Waals surface area contributed by atoms with E-state index >= 15 is 0 Å². The van der Waals surface area contributed by atoms with Gasteiger partial charge in [0.1, 0.15) is 5.75 Å². The van der Waals surface area contributed by atoms with Crippen molar-refractivity contribution in [2.24, 2.45) is 0 Å². The quantitative estimate of drug-likeness (QED) is 0.833. The zero-order valence-corrected chi connectivity index (χ0v) is 15.4. The normalized spacial score (nSPS) is 22.6. The van der Waals surface area contributed by atoms with Crippen molar-refractivity contribution in [1.82, 2.24) is 4.98 Å². The van der Waals surface area contributed by atoms with Gasteiger partial charge in [-0.15, -0.1) is 0 Å². The van der Waals surface area contributed by atoms with Crippen LogP contribution in [-0.4, -0.2) is 36.4 Å². The molecule has 0 N–H and O–H groups in total. The van der Waals surface area contributed by atoms with Crippen molar-refractivity contribution in [3.63, 3.8) is 0 Å². The van der Waals surface area contributed by atoms with E-state index in [2.05, 4.69) is 31.7 Å². The molecule has 2 bridgehead atoms. The number of anilines is 1. The highest BCUT2D eigenvalue weighted by Gasteiger charge is 2.43. The molecule has 126 valence electrons. The van der Waals surface area contributed by atoms with Gasteiger partial charge in [-0.1, -0.05) is 25.2 Å². The van der Waals surface area contributed by atoms with Gasteiger partial charge in [-0.05, 0) is 39.3 Å². The summed E-state index contributed by atoms with van der Waals surface area (Å²) in [5, 5.41) is 1.14. The smallest absolute Gasteiger partial charge is 0.187 e. The van der Waals surface area contributed by atoms with Gasteiger partial charge < -0.3 is 14.4 Å². The molecule has 5 heteroatoms. The fourth-order valence-corrected chi connectivity index (χ4v) is 4.44. The van der Waals surface area contributed by atoms with Crippen LogP contribution in [0, 0.1) is 6.92 Å². The van der Waals surface area contributed by atoms with Gasteiger partial charge in [0, 0.05) is 5.56 Å². The van der Waals surface area contributed by atoms with E-state index in [1.165, 1.54) is 16.7 Å². The van der Waals surface area contributed by atoms with E-state index < -0.39 is 0 Å². The second-order valence-corrected chi connectivity index (χ2v) is 7.17. The summed E-state index contributed by atoms with van der Waals surface area (Å²) in [4.78, 5) is 7.27. The summed E-state index contributed by atoms with van der Waals surface area (Å²) >= 11 is 1.79. The van der Waals surface area contributed by atoms with Crippen molar-refractivity contribution in [2.45, 2.75) is 59.2 Å². The van der Waals surface area contributed by atoms with E-state index in [9.17, 15) is 0 Å². The van der Waals surface area contributed by atoms with Crippen molar-refractivity contribution in [2.75, 3.05) is 18.1 Å². The van der Waals surface area contributed by atoms with Crippen LogP contribution in [-0.2, 0) is 4.74 Å². The first-order valence-corrected chi connectivity index (χ1v) is 9.38. The van der Waals surface area contributed by atoms with E-state index in [1.807, 2.05) is 19.9 Å². The number of morpholine rings is 1. The highest BCUT2D eigenvalue weighted by atomic mass is 32.1. The van der Waals surface area contributed by atoms with Crippen LogP contribution in [0.4, 0.5) is 5.13 Å². The van der Waals surface area contributed by atoms with Gasteiger partial charge in [0.2, 0.25) is 0 Å². The lowest BCUT2D eigenvalue weighted by Crippen LogP contribution is -2.64. The first kappa shape index (κ1) is 16.5. The van der Waals surface area contributed by atoms with Gasteiger partial charge in [-0.25, -0.2) is 4.98 Å². The Morgan fingerprint density at radius 3 is 2.57 bits per heavy atom. The molecule has 2 saturated heterocycles. The Labute approximate surface area is 142 Å². The third kappa shape index (κ3) is 2.92.